The van der Waals surface area contributed by atoms with E-state index in [9.17, 15) is 4.79 Å². The second-order valence-electron chi connectivity index (χ2n) is 3.10. The predicted molar refractivity (Wildman–Crippen MR) is 53.9 cm³/mol. The van der Waals surface area contributed by atoms with Crippen molar-refractivity contribution in [3.63, 3.8) is 0 Å². The molecule has 2 nitrogen and oxygen atoms in total. The van der Waals surface area contributed by atoms with Gasteiger partial charge in [-0.2, -0.15) is 0 Å². The molecule has 0 saturated carbocycles. The predicted octanol–water partition coefficient (Wildman–Crippen LogP) is 1.92. The van der Waals surface area contributed by atoms with Crippen molar-refractivity contribution in [2.45, 2.75) is 20.4 Å². The summed E-state index contributed by atoms with van der Waals surface area (Å²) in [5.41, 5.74) is 3.06. The Labute approximate surface area is 79.0 Å². The van der Waals surface area contributed by atoms with Crippen LogP contribution in [0.25, 0.3) is 0 Å². The lowest BCUT2D eigenvalue weighted by Gasteiger charge is -2.06. The SMILES string of the molecule is CCNCc1cc(C)ccc1C=O. The zero-order chi connectivity index (χ0) is 9.68. The maximum atomic E-state index is 10.7. The van der Waals surface area contributed by atoms with E-state index >= 15 is 0 Å². The summed E-state index contributed by atoms with van der Waals surface area (Å²) in [7, 11) is 0. The Kier molecular flexibility index (Phi) is 3.65. The van der Waals surface area contributed by atoms with Crippen LogP contribution in [-0.2, 0) is 6.54 Å². The molecule has 70 valence electrons. The maximum absolute atomic E-state index is 10.7. The third-order valence-electron chi connectivity index (χ3n) is 1.99. The van der Waals surface area contributed by atoms with Crippen LogP contribution in [0.4, 0.5) is 0 Å². The molecule has 1 rings (SSSR count). The van der Waals surface area contributed by atoms with Crippen molar-refractivity contribution < 1.29 is 4.79 Å². The molecule has 0 amide bonds. The summed E-state index contributed by atoms with van der Waals surface area (Å²) in [6.45, 7) is 5.78. The van der Waals surface area contributed by atoms with Crippen LogP contribution in [0.15, 0.2) is 18.2 Å². The van der Waals surface area contributed by atoms with E-state index in [1.165, 1.54) is 5.56 Å². The monoisotopic (exact) mass is 177 g/mol. The first-order chi connectivity index (χ1) is 6.27. The number of aldehydes is 1. The molecule has 0 aromatic heterocycles. The van der Waals surface area contributed by atoms with Crippen LogP contribution >= 0.6 is 0 Å². The largest absolute Gasteiger partial charge is 0.313 e. The molecule has 0 aliphatic rings. The van der Waals surface area contributed by atoms with Crippen molar-refractivity contribution >= 4 is 6.29 Å². The summed E-state index contributed by atoms with van der Waals surface area (Å²) in [6.07, 6.45) is 0.909. The van der Waals surface area contributed by atoms with E-state index in [0.29, 0.717) is 0 Å². The van der Waals surface area contributed by atoms with Gasteiger partial charge >= 0.3 is 0 Å². The molecule has 0 radical (unpaired) electrons. The minimum absolute atomic E-state index is 0.770. The Balaban J connectivity index is 2.87. The van der Waals surface area contributed by atoms with Gasteiger partial charge in [0.25, 0.3) is 0 Å². The van der Waals surface area contributed by atoms with E-state index in [1.54, 1.807) is 0 Å². The van der Waals surface area contributed by atoms with Crippen molar-refractivity contribution in [1.29, 1.82) is 0 Å². The maximum Gasteiger partial charge on any atom is 0.150 e. The number of nitrogens with one attached hydrogen (secondary N) is 1. The number of carbonyl (C=O) groups excluding carboxylic acids is 1. The molecular weight excluding hydrogens is 162 g/mol. The van der Waals surface area contributed by atoms with Crippen LogP contribution in [0.1, 0.15) is 28.4 Å². The summed E-state index contributed by atoms with van der Waals surface area (Å²) in [5.74, 6) is 0. The first-order valence-electron chi connectivity index (χ1n) is 4.53. The molecule has 0 fully saturated rings. The van der Waals surface area contributed by atoms with Gasteiger partial charge in [-0.05, 0) is 19.0 Å². The molecule has 1 aromatic rings. The molecule has 2 heteroatoms. The lowest BCUT2D eigenvalue weighted by Crippen LogP contribution is -2.13. The highest BCUT2D eigenvalue weighted by Gasteiger charge is 2.00. The molecule has 0 atom stereocenters. The number of carbonyl (C=O) groups is 1. The first kappa shape index (κ1) is 9.93. The fourth-order valence-corrected chi connectivity index (χ4v) is 1.26. The molecule has 1 aromatic carbocycles. The van der Waals surface area contributed by atoms with Gasteiger partial charge in [0.05, 0.1) is 0 Å². The third-order valence-corrected chi connectivity index (χ3v) is 1.99. The summed E-state index contributed by atoms with van der Waals surface area (Å²) < 4.78 is 0. The third kappa shape index (κ3) is 2.67. The minimum atomic E-state index is 0.770. The highest BCUT2D eigenvalue weighted by Crippen LogP contribution is 2.09. The van der Waals surface area contributed by atoms with Crippen LogP contribution < -0.4 is 5.32 Å². The fourth-order valence-electron chi connectivity index (χ4n) is 1.26. The highest BCUT2D eigenvalue weighted by molar-refractivity contribution is 5.77. The Morgan fingerprint density at radius 3 is 2.85 bits per heavy atom. The molecule has 0 spiro atoms. The van der Waals surface area contributed by atoms with Gasteiger partial charge in [-0.1, -0.05) is 30.7 Å². The molecule has 0 unspecified atom stereocenters. The summed E-state index contributed by atoms with van der Waals surface area (Å²) in [5, 5.41) is 3.21. The molecule has 13 heavy (non-hydrogen) atoms. The molecule has 0 bridgehead atoms. The van der Waals surface area contributed by atoms with Gasteiger partial charge in [-0.25, -0.2) is 0 Å². The Bertz CT molecular complexity index is 294. The second-order valence-corrected chi connectivity index (χ2v) is 3.10. The van der Waals surface area contributed by atoms with Crippen LogP contribution in [0, 0.1) is 6.92 Å². The van der Waals surface area contributed by atoms with Crippen molar-refractivity contribution in [2.75, 3.05) is 6.54 Å². The first-order valence-corrected chi connectivity index (χ1v) is 4.53. The van der Waals surface area contributed by atoms with Gasteiger partial charge in [0.1, 0.15) is 6.29 Å². The van der Waals surface area contributed by atoms with Crippen molar-refractivity contribution in [2.24, 2.45) is 0 Å². The molecule has 0 aliphatic heterocycles. The number of aryl methyl sites for hydroxylation is 1. The minimum Gasteiger partial charge on any atom is -0.313 e. The zero-order valence-corrected chi connectivity index (χ0v) is 8.13. The van der Waals surface area contributed by atoms with Crippen LogP contribution in [0.2, 0.25) is 0 Å². The Morgan fingerprint density at radius 1 is 1.46 bits per heavy atom. The lowest BCUT2D eigenvalue weighted by atomic mass is 10.1. The summed E-state index contributed by atoms with van der Waals surface area (Å²) >= 11 is 0. The van der Waals surface area contributed by atoms with E-state index in [0.717, 1.165) is 30.5 Å². The van der Waals surface area contributed by atoms with Crippen LogP contribution in [-0.4, -0.2) is 12.8 Å². The van der Waals surface area contributed by atoms with Gasteiger partial charge in [0.2, 0.25) is 0 Å². The fraction of sp³-hybridized carbons (Fsp3) is 0.364. The smallest absolute Gasteiger partial charge is 0.150 e. The number of benzene rings is 1. The summed E-state index contributed by atoms with van der Waals surface area (Å²) in [6, 6.07) is 5.88. The van der Waals surface area contributed by atoms with Gasteiger partial charge in [-0.3, -0.25) is 4.79 Å². The van der Waals surface area contributed by atoms with Crippen molar-refractivity contribution in [3.05, 3.63) is 34.9 Å². The Hall–Kier alpha value is -1.15. The average molecular weight is 177 g/mol. The molecule has 0 aliphatic carbocycles. The molecular formula is C11H15NO. The molecule has 0 saturated heterocycles. The van der Waals surface area contributed by atoms with Gasteiger partial charge in [-0.15, -0.1) is 0 Å². The van der Waals surface area contributed by atoms with E-state index in [2.05, 4.69) is 12.2 Å². The zero-order valence-electron chi connectivity index (χ0n) is 8.13. The van der Waals surface area contributed by atoms with E-state index in [4.69, 9.17) is 0 Å². The van der Waals surface area contributed by atoms with E-state index < -0.39 is 0 Å². The van der Waals surface area contributed by atoms with Gasteiger partial charge in [0, 0.05) is 12.1 Å². The second kappa shape index (κ2) is 4.77. The number of hydrogen-bond donors (Lipinski definition) is 1. The van der Waals surface area contributed by atoms with Gasteiger partial charge in [0.15, 0.2) is 0 Å². The van der Waals surface area contributed by atoms with Crippen molar-refractivity contribution in [1.82, 2.24) is 5.32 Å². The molecule has 1 N–H and O–H groups in total. The quantitative estimate of drug-likeness (QED) is 0.712. The number of rotatable bonds is 4. The normalized spacial score (nSPS) is 10.0. The Morgan fingerprint density at radius 2 is 2.23 bits per heavy atom. The van der Waals surface area contributed by atoms with Crippen LogP contribution in [0.3, 0.4) is 0 Å². The van der Waals surface area contributed by atoms with Gasteiger partial charge < -0.3 is 5.32 Å². The lowest BCUT2D eigenvalue weighted by molar-refractivity contribution is 0.112. The van der Waals surface area contributed by atoms with E-state index in [1.807, 2.05) is 25.1 Å². The molecule has 0 heterocycles. The van der Waals surface area contributed by atoms with Crippen molar-refractivity contribution in [3.8, 4) is 0 Å². The van der Waals surface area contributed by atoms with Crippen LogP contribution in [0.5, 0.6) is 0 Å². The topological polar surface area (TPSA) is 29.1 Å². The number of hydrogen-bond acceptors (Lipinski definition) is 2. The standard InChI is InChI=1S/C11H15NO/c1-3-12-7-11-6-9(2)4-5-10(11)8-13/h4-6,8,12H,3,7H2,1-2H3. The highest BCUT2D eigenvalue weighted by atomic mass is 16.1. The van der Waals surface area contributed by atoms with E-state index in [-0.39, 0.29) is 0 Å². The average Bonchev–Trinajstić information content (AvgIpc) is 2.15. The summed E-state index contributed by atoms with van der Waals surface area (Å²) in [4.78, 5) is 10.7.